The van der Waals surface area contributed by atoms with Crippen molar-refractivity contribution < 1.29 is 9.59 Å². The largest absolute Gasteiger partial charge is 0.326 e. The predicted octanol–water partition coefficient (Wildman–Crippen LogP) is 2.09. The van der Waals surface area contributed by atoms with Gasteiger partial charge in [0.15, 0.2) is 5.82 Å². The molecular weight excluding hydrogens is 320 g/mol. The molecule has 0 unspecified atom stereocenters. The molecular formula is C17H16N6O2. The Kier molecular flexibility index (Phi) is 4.51. The van der Waals surface area contributed by atoms with Crippen molar-refractivity contribution in [3.63, 3.8) is 0 Å². The third kappa shape index (κ3) is 3.86. The number of hydrogen-bond donors (Lipinski definition) is 2. The van der Waals surface area contributed by atoms with Gasteiger partial charge in [-0.2, -0.15) is 0 Å². The van der Waals surface area contributed by atoms with Crippen molar-refractivity contribution in [2.24, 2.45) is 7.05 Å². The SMILES string of the molecule is CC(=O)Nc1cccc(C(=O)Nc2ccc(-c3nnnn3C)cc2)c1. The van der Waals surface area contributed by atoms with Gasteiger partial charge in [0.1, 0.15) is 0 Å². The maximum absolute atomic E-state index is 12.4. The van der Waals surface area contributed by atoms with E-state index in [1.807, 2.05) is 12.1 Å². The standard InChI is InChI=1S/C17H16N6O2/c1-11(24)18-15-5-3-4-13(10-15)17(25)19-14-8-6-12(7-9-14)16-20-21-22-23(16)2/h3-10H,1-2H3,(H,18,24)(H,19,25). The van der Waals surface area contributed by atoms with E-state index in [4.69, 9.17) is 0 Å². The van der Waals surface area contributed by atoms with Crippen LogP contribution in [0.15, 0.2) is 48.5 Å². The summed E-state index contributed by atoms with van der Waals surface area (Å²) in [7, 11) is 1.76. The molecule has 126 valence electrons. The fourth-order valence-electron chi connectivity index (χ4n) is 2.32. The second kappa shape index (κ2) is 6.91. The molecule has 0 aliphatic rings. The highest BCUT2D eigenvalue weighted by molar-refractivity contribution is 6.05. The first-order chi connectivity index (χ1) is 12.0. The summed E-state index contributed by atoms with van der Waals surface area (Å²) in [6.45, 7) is 1.42. The normalized spacial score (nSPS) is 10.3. The Labute approximate surface area is 143 Å². The lowest BCUT2D eigenvalue weighted by Crippen LogP contribution is -2.13. The van der Waals surface area contributed by atoms with Crippen LogP contribution >= 0.6 is 0 Å². The van der Waals surface area contributed by atoms with Gasteiger partial charge >= 0.3 is 0 Å². The van der Waals surface area contributed by atoms with E-state index in [2.05, 4.69) is 26.2 Å². The van der Waals surface area contributed by atoms with Crippen LogP contribution in [-0.2, 0) is 11.8 Å². The van der Waals surface area contributed by atoms with Gasteiger partial charge in [-0.1, -0.05) is 6.07 Å². The van der Waals surface area contributed by atoms with Crippen molar-refractivity contribution in [1.29, 1.82) is 0 Å². The molecule has 0 saturated heterocycles. The summed E-state index contributed by atoms with van der Waals surface area (Å²) in [6.07, 6.45) is 0. The van der Waals surface area contributed by atoms with E-state index in [1.165, 1.54) is 6.92 Å². The zero-order valence-electron chi connectivity index (χ0n) is 13.7. The molecule has 2 aromatic carbocycles. The van der Waals surface area contributed by atoms with Crippen molar-refractivity contribution in [2.45, 2.75) is 6.92 Å². The zero-order chi connectivity index (χ0) is 17.8. The number of carbonyl (C=O) groups is 2. The van der Waals surface area contributed by atoms with E-state index in [9.17, 15) is 9.59 Å². The molecule has 0 bridgehead atoms. The fraction of sp³-hybridized carbons (Fsp3) is 0.118. The van der Waals surface area contributed by atoms with Gasteiger partial charge in [-0.05, 0) is 52.9 Å². The molecule has 2 N–H and O–H groups in total. The summed E-state index contributed by atoms with van der Waals surface area (Å²) in [4.78, 5) is 23.5. The van der Waals surface area contributed by atoms with E-state index in [0.717, 1.165) is 5.56 Å². The topological polar surface area (TPSA) is 102 Å². The minimum atomic E-state index is -0.264. The number of anilines is 2. The van der Waals surface area contributed by atoms with Crippen LogP contribution in [0.5, 0.6) is 0 Å². The van der Waals surface area contributed by atoms with Crippen molar-refractivity contribution in [3.05, 3.63) is 54.1 Å². The van der Waals surface area contributed by atoms with Crippen LogP contribution in [0.2, 0.25) is 0 Å². The van der Waals surface area contributed by atoms with Crippen LogP contribution in [-0.4, -0.2) is 32.0 Å². The number of nitrogens with one attached hydrogen (secondary N) is 2. The number of carbonyl (C=O) groups excluding carboxylic acids is 2. The fourth-order valence-corrected chi connectivity index (χ4v) is 2.32. The number of aromatic nitrogens is 4. The Morgan fingerprint density at radius 3 is 2.40 bits per heavy atom. The van der Waals surface area contributed by atoms with Crippen molar-refractivity contribution in [2.75, 3.05) is 10.6 Å². The zero-order valence-corrected chi connectivity index (χ0v) is 13.7. The quantitative estimate of drug-likeness (QED) is 0.759. The average molecular weight is 336 g/mol. The molecule has 2 amide bonds. The maximum Gasteiger partial charge on any atom is 0.255 e. The Hall–Kier alpha value is -3.55. The Balaban J connectivity index is 1.73. The number of hydrogen-bond acceptors (Lipinski definition) is 5. The van der Waals surface area contributed by atoms with E-state index in [0.29, 0.717) is 22.8 Å². The Bertz CT molecular complexity index is 917. The van der Waals surface area contributed by atoms with Crippen LogP contribution in [0.4, 0.5) is 11.4 Å². The lowest BCUT2D eigenvalue weighted by Gasteiger charge is -2.08. The van der Waals surface area contributed by atoms with Crippen molar-refractivity contribution in [1.82, 2.24) is 20.2 Å². The molecule has 8 nitrogen and oxygen atoms in total. The Morgan fingerprint density at radius 1 is 1.00 bits per heavy atom. The van der Waals surface area contributed by atoms with Gasteiger partial charge in [-0.3, -0.25) is 9.59 Å². The van der Waals surface area contributed by atoms with Crippen LogP contribution in [0.3, 0.4) is 0 Å². The molecule has 0 atom stereocenters. The van der Waals surface area contributed by atoms with Crippen molar-refractivity contribution in [3.8, 4) is 11.4 Å². The molecule has 25 heavy (non-hydrogen) atoms. The highest BCUT2D eigenvalue weighted by atomic mass is 16.2. The number of amides is 2. The third-order valence-electron chi connectivity index (χ3n) is 3.47. The van der Waals surface area contributed by atoms with Crippen LogP contribution in [0, 0.1) is 0 Å². The number of tetrazole rings is 1. The van der Waals surface area contributed by atoms with Crippen molar-refractivity contribution >= 4 is 23.2 Å². The van der Waals surface area contributed by atoms with Crippen LogP contribution in [0.1, 0.15) is 17.3 Å². The molecule has 0 spiro atoms. The molecule has 1 heterocycles. The number of rotatable bonds is 4. The summed E-state index contributed by atoms with van der Waals surface area (Å²) >= 11 is 0. The molecule has 1 aromatic heterocycles. The van der Waals surface area contributed by atoms with Crippen LogP contribution in [0.25, 0.3) is 11.4 Å². The first-order valence-corrected chi connectivity index (χ1v) is 7.55. The minimum absolute atomic E-state index is 0.189. The number of benzene rings is 2. The van der Waals surface area contributed by atoms with Gasteiger partial charge in [0.05, 0.1) is 0 Å². The molecule has 8 heteroatoms. The first kappa shape index (κ1) is 16.3. The smallest absolute Gasteiger partial charge is 0.255 e. The second-order valence-electron chi connectivity index (χ2n) is 5.42. The lowest BCUT2D eigenvalue weighted by molar-refractivity contribution is -0.114. The summed E-state index contributed by atoms with van der Waals surface area (Å²) in [5, 5.41) is 16.8. The molecule has 0 aliphatic carbocycles. The van der Waals surface area contributed by atoms with E-state index in [1.54, 1.807) is 48.1 Å². The van der Waals surface area contributed by atoms with Gasteiger partial charge in [0, 0.05) is 36.5 Å². The molecule has 3 rings (SSSR count). The number of aryl methyl sites for hydroxylation is 1. The predicted molar refractivity (Wildman–Crippen MR) is 92.9 cm³/mol. The molecule has 0 saturated carbocycles. The lowest BCUT2D eigenvalue weighted by atomic mass is 10.1. The maximum atomic E-state index is 12.4. The summed E-state index contributed by atoms with van der Waals surface area (Å²) in [5.74, 6) is 0.188. The van der Waals surface area contributed by atoms with Gasteiger partial charge in [-0.15, -0.1) is 5.10 Å². The number of nitrogens with zero attached hydrogens (tertiary/aromatic N) is 4. The molecule has 0 aliphatic heterocycles. The minimum Gasteiger partial charge on any atom is -0.326 e. The highest BCUT2D eigenvalue weighted by Gasteiger charge is 2.09. The van der Waals surface area contributed by atoms with Gasteiger partial charge in [-0.25, -0.2) is 4.68 Å². The van der Waals surface area contributed by atoms with Gasteiger partial charge < -0.3 is 10.6 Å². The van der Waals surface area contributed by atoms with E-state index < -0.39 is 0 Å². The van der Waals surface area contributed by atoms with Crippen LogP contribution < -0.4 is 10.6 Å². The summed E-state index contributed by atoms with van der Waals surface area (Å²) < 4.78 is 1.57. The molecule has 0 fully saturated rings. The monoisotopic (exact) mass is 336 g/mol. The Morgan fingerprint density at radius 2 is 1.76 bits per heavy atom. The van der Waals surface area contributed by atoms with E-state index >= 15 is 0 Å². The van der Waals surface area contributed by atoms with Gasteiger partial charge in [0.25, 0.3) is 5.91 Å². The summed E-state index contributed by atoms with van der Waals surface area (Å²) in [5.41, 5.74) is 2.52. The van der Waals surface area contributed by atoms with Gasteiger partial charge in [0.2, 0.25) is 5.91 Å². The average Bonchev–Trinajstić information content (AvgIpc) is 3.01. The summed E-state index contributed by atoms with van der Waals surface area (Å²) in [6, 6.07) is 14.0. The van der Waals surface area contributed by atoms with E-state index in [-0.39, 0.29) is 11.8 Å². The second-order valence-corrected chi connectivity index (χ2v) is 5.42. The third-order valence-corrected chi connectivity index (χ3v) is 3.47. The highest BCUT2D eigenvalue weighted by Crippen LogP contribution is 2.19. The first-order valence-electron chi connectivity index (χ1n) is 7.55. The molecule has 3 aromatic rings. The molecule has 0 radical (unpaired) electrons.